The predicted octanol–water partition coefficient (Wildman–Crippen LogP) is 6.07. The van der Waals surface area contributed by atoms with Crippen LogP contribution >= 0.6 is 43.5 Å². The Morgan fingerprint density at radius 1 is 1.19 bits per heavy atom. The molecule has 0 heterocycles. The number of nitrogens with one attached hydrogen (secondary N) is 1. The molecule has 2 rings (SSSR count). The zero-order valence-corrected chi connectivity index (χ0v) is 16.0. The van der Waals surface area contributed by atoms with Gasteiger partial charge in [0.1, 0.15) is 0 Å². The summed E-state index contributed by atoms with van der Waals surface area (Å²) in [6, 6.07) is 12.7. The average molecular weight is 432 g/mol. The van der Waals surface area contributed by atoms with Crippen LogP contribution in [-0.2, 0) is 6.42 Å². The van der Waals surface area contributed by atoms with E-state index in [0.29, 0.717) is 0 Å². The van der Waals surface area contributed by atoms with Crippen LogP contribution in [0.3, 0.4) is 0 Å². The highest BCUT2D eigenvalue weighted by atomic mass is 79.9. The minimum atomic E-state index is 0.239. The molecule has 0 aliphatic carbocycles. The van der Waals surface area contributed by atoms with Gasteiger partial charge in [-0.1, -0.05) is 74.7 Å². The molecule has 1 N–H and O–H groups in total. The van der Waals surface area contributed by atoms with Crippen LogP contribution in [0, 0.1) is 6.92 Å². The largest absolute Gasteiger partial charge is 0.310 e. The lowest BCUT2D eigenvalue weighted by Gasteiger charge is -2.21. The van der Waals surface area contributed by atoms with Crippen molar-refractivity contribution in [2.24, 2.45) is 0 Å². The Morgan fingerprint density at radius 2 is 1.95 bits per heavy atom. The van der Waals surface area contributed by atoms with E-state index in [1.165, 1.54) is 15.6 Å². The molecule has 1 nitrogen and oxygen atoms in total. The van der Waals surface area contributed by atoms with E-state index < -0.39 is 0 Å². The first-order chi connectivity index (χ1) is 10.0. The lowest BCUT2D eigenvalue weighted by Crippen LogP contribution is -2.23. The summed E-state index contributed by atoms with van der Waals surface area (Å²) < 4.78 is 2.18. The maximum atomic E-state index is 6.36. The summed E-state index contributed by atoms with van der Waals surface area (Å²) in [5.41, 5.74) is 3.67. The van der Waals surface area contributed by atoms with Crippen LogP contribution in [0.5, 0.6) is 0 Å². The van der Waals surface area contributed by atoms with Crippen molar-refractivity contribution in [1.82, 2.24) is 5.32 Å². The zero-order valence-electron chi connectivity index (χ0n) is 12.1. The van der Waals surface area contributed by atoms with Gasteiger partial charge in [0.2, 0.25) is 0 Å². The van der Waals surface area contributed by atoms with Gasteiger partial charge in [0.15, 0.2) is 0 Å². The lowest BCUT2D eigenvalue weighted by molar-refractivity contribution is 0.547. The molecule has 0 aromatic heterocycles. The molecule has 1 unspecified atom stereocenters. The van der Waals surface area contributed by atoms with Gasteiger partial charge in [-0.2, -0.15) is 0 Å². The van der Waals surface area contributed by atoms with Gasteiger partial charge in [0.05, 0.1) is 0 Å². The summed E-state index contributed by atoms with van der Waals surface area (Å²) in [7, 11) is 0. The Balaban J connectivity index is 2.33. The highest BCUT2D eigenvalue weighted by Gasteiger charge is 2.16. The molecule has 0 radical (unpaired) electrons. The number of benzene rings is 2. The van der Waals surface area contributed by atoms with E-state index in [1.54, 1.807) is 0 Å². The van der Waals surface area contributed by atoms with Gasteiger partial charge in [-0.15, -0.1) is 0 Å². The fourth-order valence-electron chi connectivity index (χ4n) is 2.38. The number of likely N-dealkylation sites (N-methyl/N-ethyl adjacent to an activating group) is 1. The number of hydrogen-bond donors (Lipinski definition) is 1. The number of hydrogen-bond acceptors (Lipinski definition) is 1. The molecule has 0 fully saturated rings. The van der Waals surface area contributed by atoms with E-state index in [0.717, 1.165) is 28.0 Å². The monoisotopic (exact) mass is 429 g/mol. The van der Waals surface area contributed by atoms with Gasteiger partial charge < -0.3 is 5.32 Å². The van der Waals surface area contributed by atoms with Crippen LogP contribution in [0.2, 0.25) is 5.02 Å². The van der Waals surface area contributed by atoms with Gasteiger partial charge in [-0.3, -0.25) is 0 Å². The molecule has 1 atom stereocenters. The molecule has 2 aromatic carbocycles. The van der Waals surface area contributed by atoms with Gasteiger partial charge in [0, 0.05) is 20.0 Å². The van der Waals surface area contributed by atoms with Gasteiger partial charge >= 0.3 is 0 Å². The van der Waals surface area contributed by atoms with Crippen molar-refractivity contribution in [3.63, 3.8) is 0 Å². The van der Waals surface area contributed by atoms with E-state index in [2.05, 4.69) is 75.3 Å². The fourth-order valence-corrected chi connectivity index (χ4v) is 3.68. The van der Waals surface area contributed by atoms with Crippen LogP contribution in [0.4, 0.5) is 0 Å². The third-order valence-electron chi connectivity index (χ3n) is 3.49. The predicted molar refractivity (Wildman–Crippen MR) is 98.2 cm³/mol. The van der Waals surface area contributed by atoms with Crippen LogP contribution in [0.25, 0.3) is 0 Å². The molecule has 0 amide bonds. The first-order valence-electron chi connectivity index (χ1n) is 6.95. The Hall–Kier alpha value is -0.350. The van der Waals surface area contributed by atoms with Gasteiger partial charge in [-0.25, -0.2) is 0 Å². The lowest BCUT2D eigenvalue weighted by atomic mass is 9.97. The van der Waals surface area contributed by atoms with E-state index in [4.69, 9.17) is 11.6 Å². The van der Waals surface area contributed by atoms with Crippen molar-refractivity contribution in [1.29, 1.82) is 0 Å². The first-order valence-corrected chi connectivity index (χ1v) is 8.91. The highest BCUT2D eigenvalue weighted by Crippen LogP contribution is 2.31. The average Bonchev–Trinajstić information content (AvgIpc) is 2.44. The molecule has 21 heavy (non-hydrogen) atoms. The summed E-state index contributed by atoms with van der Waals surface area (Å²) in [5, 5.41) is 4.36. The fraction of sp³-hybridized carbons (Fsp3) is 0.294. The van der Waals surface area contributed by atoms with Crippen molar-refractivity contribution < 1.29 is 0 Å². The quantitative estimate of drug-likeness (QED) is 0.606. The molecule has 0 aliphatic heterocycles. The van der Waals surface area contributed by atoms with Crippen LogP contribution in [-0.4, -0.2) is 6.54 Å². The van der Waals surface area contributed by atoms with Crippen molar-refractivity contribution in [2.45, 2.75) is 26.3 Å². The molecule has 2 aromatic rings. The minimum absolute atomic E-state index is 0.239. The van der Waals surface area contributed by atoms with E-state index in [1.807, 2.05) is 12.1 Å². The van der Waals surface area contributed by atoms with Gasteiger partial charge in [-0.05, 0) is 48.7 Å². The zero-order chi connectivity index (χ0) is 15.4. The second-order valence-corrected chi connectivity index (χ2v) is 7.14. The molecule has 4 heteroatoms. The van der Waals surface area contributed by atoms with Crippen LogP contribution in [0.15, 0.2) is 45.3 Å². The third-order valence-corrected chi connectivity index (χ3v) is 5.42. The number of aryl methyl sites for hydroxylation is 1. The van der Waals surface area contributed by atoms with Gasteiger partial charge in [0.25, 0.3) is 0 Å². The van der Waals surface area contributed by atoms with Crippen molar-refractivity contribution in [2.75, 3.05) is 6.54 Å². The van der Waals surface area contributed by atoms with Crippen LogP contribution in [0.1, 0.15) is 29.7 Å². The smallest absolute Gasteiger partial charge is 0.0449 e. The third kappa shape index (κ3) is 4.32. The topological polar surface area (TPSA) is 12.0 Å². The molecule has 112 valence electrons. The second-order valence-electron chi connectivity index (χ2n) is 5.03. The van der Waals surface area contributed by atoms with E-state index in [9.17, 15) is 0 Å². The van der Waals surface area contributed by atoms with E-state index >= 15 is 0 Å². The second kappa shape index (κ2) is 7.77. The summed E-state index contributed by atoms with van der Waals surface area (Å²) in [4.78, 5) is 0. The molecular weight excluding hydrogens is 413 g/mol. The number of rotatable bonds is 5. The van der Waals surface area contributed by atoms with Crippen molar-refractivity contribution in [3.05, 3.63) is 67.1 Å². The maximum absolute atomic E-state index is 6.36. The Kier molecular flexibility index (Phi) is 6.30. The minimum Gasteiger partial charge on any atom is -0.310 e. The molecule has 0 saturated heterocycles. The summed E-state index contributed by atoms with van der Waals surface area (Å²) in [6.07, 6.45) is 0.863. The summed E-state index contributed by atoms with van der Waals surface area (Å²) in [6.45, 7) is 5.16. The molecule has 0 bridgehead atoms. The Bertz CT molecular complexity index is 628. The van der Waals surface area contributed by atoms with E-state index in [-0.39, 0.29) is 6.04 Å². The number of halogens is 3. The molecular formula is C17H18Br2ClN. The molecule has 0 spiro atoms. The normalized spacial score (nSPS) is 12.4. The van der Waals surface area contributed by atoms with Crippen molar-refractivity contribution >= 4 is 43.5 Å². The first kappa shape index (κ1) is 17.0. The summed E-state index contributed by atoms with van der Waals surface area (Å²) in [5.74, 6) is 0. The molecule has 0 aliphatic rings. The SMILES string of the molecule is CCNC(Cc1ccc(Br)cc1Cl)c1cccc(C)c1Br. The Morgan fingerprint density at radius 3 is 2.62 bits per heavy atom. The van der Waals surface area contributed by atoms with Crippen molar-refractivity contribution in [3.8, 4) is 0 Å². The van der Waals surface area contributed by atoms with Crippen LogP contribution < -0.4 is 5.32 Å². The molecule has 0 saturated carbocycles. The maximum Gasteiger partial charge on any atom is 0.0449 e. The Labute approximate surface area is 148 Å². The summed E-state index contributed by atoms with van der Waals surface area (Å²) >= 11 is 13.5. The standard InChI is InChI=1S/C17H18Br2ClN/c1-3-21-16(14-6-4-5-11(2)17(14)19)9-12-7-8-13(18)10-15(12)20/h4-8,10,16,21H,3,9H2,1-2H3. The highest BCUT2D eigenvalue weighted by molar-refractivity contribution is 9.10.